The maximum absolute atomic E-state index is 12.3. The second-order valence-electron chi connectivity index (χ2n) is 5.45. The zero-order valence-electron chi connectivity index (χ0n) is 10.3. The fraction of sp³-hybridized carbons (Fsp3) is 0.727. The van der Waals surface area contributed by atoms with Gasteiger partial charge in [0.25, 0.3) is 0 Å². The number of nitrogens with zero attached hydrogens (tertiary/aromatic N) is 2. The molecule has 2 aliphatic rings. The van der Waals surface area contributed by atoms with Gasteiger partial charge in [0.2, 0.25) is 10.0 Å². The summed E-state index contributed by atoms with van der Waals surface area (Å²) in [5, 5.41) is 3.88. The van der Waals surface area contributed by atoms with Gasteiger partial charge in [0.05, 0.1) is 0 Å². The molecule has 0 spiro atoms. The van der Waals surface area contributed by atoms with Crippen molar-refractivity contribution in [1.29, 1.82) is 0 Å². The lowest BCUT2D eigenvalue weighted by molar-refractivity contribution is 0.390. The summed E-state index contributed by atoms with van der Waals surface area (Å²) in [7, 11) is -1.87. The van der Waals surface area contributed by atoms with Crippen LogP contribution in [-0.2, 0) is 17.1 Å². The van der Waals surface area contributed by atoms with Crippen LogP contribution in [0.1, 0.15) is 25.7 Å². The van der Waals surface area contributed by atoms with Crippen molar-refractivity contribution >= 4 is 15.8 Å². The highest BCUT2D eigenvalue weighted by Crippen LogP contribution is 2.44. The van der Waals surface area contributed by atoms with Crippen molar-refractivity contribution in [1.82, 2.24) is 14.5 Å². The molecule has 6 nitrogen and oxygen atoms in total. The molecule has 2 saturated carbocycles. The lowest BCUT2D eigenvalue weighted by atomic mass is 9.96. The van der Waals surface area contributed by atoms with Crippen LogP contribution in [-0.4, -0.2) is 24.2 Å². The molecule has 3 rings (SSSR count). The Bertz CT molecular complexity index is 566. The zero-order valence-corrected chi connectivity index (χ0v) is 11.2. The summed E-state index contributed by atoms with van der Waals surface area (Å²) in [6.07, 6.45) is 5.96. The molecule has 2 aliphatic carbocycles. The van der Waals surface area contributed by atoms with E-state index in [4.69, 9.17) is 5.73 Å². The van der Waals surface area contributed by atoms with Crippen LogP contribution in [0.5, 0.6) is 0 Å². The quantitative estimate of drug-likeness (QED) is 0.835. The normalized spacial score (nSPS) is 31.1. The SMILES string of the molecule is Cn1cc(S(=O)(=O)NC2CC3CCC2C3)c(N)n1. The largest absolute Gasteiger partial charge is 0.381 e. The molecule has 0 saturated heterocycles. The van der Waals surface area contributed by atoms with E-state index in [1.165, 1.54) is 17.3 Å². The predicted octanol–water partition coefficient (Wildman–Crippen LogP) is 0.469. The highest BCUT2D eigenvalue weighted by Gasteiger charge is 2.41. The monoisotopic (exact) mass is 270 g/mol. The molecular formula is C11H18N4O2S. The zero-order chi connectivity index (χ0) is 12.9. The van der Waals surface area contributed by atoms with E-state index < -0.39 is 10.0 Å². The molecular weight excluding hydrogens is 252 g/mol. The van der Waals surface area contributed by atoms with Gasteiger partial charge in [-0.05, 0) is 31.1 Å². The van der Waals surface area contributed by atoms with Gasteiger partial charge >= 0.3 is 0 Å². The minimum atomic E-state index is -3.53. The minimum absolute atomic E-state index is 0.0631. The molecule has 1 aromatic heterocycles. The number of nitrogens with one attached hydrogen (secondary N) is 1. The number of hydrogen-bond donors (Lipinski definition) is 2. The van der Waals surface area contributed by atoms with Crippen molar-refractivity contribution in [2.75, 3.05) is 5.73 Å². The number of hydrogen-bond acceptors (Lipinski definition) is 4. The molecule has 7 heteroatoms. The first-order chi connectivity index (χ1) is 8.45. The Morgan fingerprint density at radius 2 is 2.22 bits per heavy atom. The first-order valence-corrected chi connectivity index (χ1v) is 7.75. The summed E-state index contributed by atoms with van der Waals surface area (Å²) >= 11 is 0. The van der Waals surface area contributed by atoms with Gasteiger partial charge in [-0.3, -0.25) is 4.68 Å². The standard InChI is InChI=1S/C11H18N4O2S/c1-15-6-10(11(12)13-15)18(16,17)14-9-5-7-2-3-8(9)4-7/h6-9,14H,2-5H2,1H3,(H2,12,13). The number of fused-ring (bicyclic) bond motifs is 2. The summed E-state index contributed by atoms with van der Waals surface area (Å²) < 4.78 is 28.7. The van der Waals surface area contributed by atoms with Crippen molar-refractivity contribution in [3.8, 4) is 0 Å². The molecule has 0 amide bonds. The molecule has 18 heavy (non-hydrogen) atoms. The number of rotatable bonds is 3. The van der Waals surface area contributed by atoms with Gasteiger partial charge in [0, 0.05) is 19.3 Å². The van der Waals surface area contributed by atoms with Crippen LogP contribution in [0.25, 0.3) is 0 Å². The Kier molecular flexibility index (Phi) is 2.63. The van der Waals surface area contributed by atoms with E-state index in [1.807, 2.05) is 0 Å². The lowest BCUT2D eigenvalue weighted by Crippen LogP contribution is -2.38. The van der Waals surface area contributed by atoms with Gasteiger partial charge < -0.3 is 5.73 Å². The number of aryl methyl sites for hydroxylation is 1. The number of nitrogens with two attached hydrogens (primary N) is 1. The number of anilines is 1. The van der Waals surface area contributed by atoms with Crippen molar-refractivity contribution < 1.29 is 8.42 Å². The van der Waals surface area contributed by atoms with Crippen LogP contribution < -0.4 is 10.5 Å². The Balaban J connectivity index is 1.81. The molecule has 0 aromatic carbocycles. The highest BCUT2D eigenvalue weighted by atomic mass is 32.2. The maximum Gasteiger partial charge on any atom is 0.246 e. The Hall–Kier alpha value is -1.08. The summed E-state index contributed by atoms with van der Waals surface area (Å²) in [4.78, 5) is 0.0905. The van der Waals surface area contributed by atoms with Gasteiger partial charge in [-0.2, -0.15) is 5.10 Å². The van der Waals surface area contributed by atoms with E-state index in [9.17, 15) is 8.42 Å². The Morgan fingerprint density at radius 3 is 2.72 bits per heavy atom. The molecule has 0 aliphatic heterocycles. The fourth-order valence-electron chi connectivity index (χ4n) is 3.34. The van der Waals surface area contributed by atoms with E-state index in [1.54, 1.807) is 7.05 Å². The molecule has 0 radical (unpaired) electrons. The average Bonchev–Trinajstić information content (AvgIpc) is 2.93. The summed E-state index contributed by atoms with van der Waals surface area (Å²) in [6.45, 7) is 0. The summed E-state index contributed by atoms with van der Waals surface area (Å²) in [5.41, 5.74) is 5.63. The second kappa shape index (κ2) is 3.96. The van der Waals surface area contributed by atoms with Crippen LogP contribution in [0.2, 0.25) is 0 Å². The first kappa shape index (κ1) is 12.0. The van der Waals surface area contributed by atoms with Crippen molar-refractivity contribution in [3.05, 3.63) is 6.20 Å². The third-order valence-corrected chi connectivity index (χ3v) is 5.66. The molecule has 1 aromatic rings. The van der Waals surface area contributed by atoms with E-state index in [-0.39, 0.29) is 16.8 Å². The number of nitrogen functional groups attached to an aromatic ring is 1. The summed E-state index contributed by atoms with van der Waals surface area (Å²) in [6, 6.07) is 0.0772. The lowest BCUT2D eigenvalue weighted by Gasteiger charge is -2.22. The van der Waals surface area contributed by atoms with Crippen LogP contribution in [0, 0.1) is 11.8 Å². The van der Waals surface area contributed by atoms with Crippen LogP contribution in [0.4, 0.5) is 5.82 Å². The van der Waals surface area contributed by atoms with E-state index in [0.717, 1.165) is 19.3 Å². The first-order valence-electron chi connectivity index (χ1n) is 6.27. The molecule has 2 bridgehead atoms. The smallest absolute Gasteiger partial charge is 0.246 e. The Morgan fingerprint density at radius 1 is 1.44 bits per heavy atom. The molecule has 3 unspecified atom stereocenters. The molecule has 1 heterocycles. The molecule has 3 atom stereocenters. The van der Waals surface area contributed by atoms with Gasteiger partial charge in [0.15, 0.2) is 5.82 Å². The Labute approximate surface area is 107 Å². The number of sulfonamides is 1. The van der Waals surface area contributed by atoms with Gasteiger partial charge in [-0.1, -0.05) is 6.42 Å². The van der Waals surface area contributed by atoms with Crippen molar-refractivity contribution in [2.45, 2.75) is 36.6 Å². The second-order valence-corrected chi connectivity index (χ2v) is 7.14. The third-order valence-electron chi connectivity index (χ3n) is 4.16. The van der Waals surface area contributed by atoms with Crippen molar-refractivity contribution in [3.63, 3.8) is 0 Å². The van der Waals surface area contributed by atoms with Gasteiger partial charge in [0.1, 0.15) is 4.90 Å². The molecule has 2 fully saturated rings. The van der Waals surface area contributed by atoms with E-state index >= 15 is 0 Å². The molecule has 3 N–H and O–H groups in total. The third kappa shape index (κ3) is 1.91. The predicted molar refractivity (Wildman–Crippen MR) is 67.2 cm³/mol. The maximum atomic E-state index is 12.3. The van der Waals surface area contributed by atoms with Gasteiger partial charge in [-0.15, -0.1) is 0 Å². The van der Waals surface area contributed by atoms with Crippen molar-refractivity contribution in [2.24, 2.45) is 18.9 Å². The minimum Gasteiger partial charge on any atom is -0.381 e. The summed E-state index contributed by atoms with van der Waals surface area (Å²) in [5.74, 6) is 1.27. The average molecular weight is 270 g/mol. The van der Waals surface area contributed by atoms with E-state index in [2.05, 4.69) is 9.82 Å². The fourth-order valence-corrected chi connectivity index (χ4v) is 4.76. The van der Waals surface area contributed by atoms with Crippen LogP contribution in [0.15, 0.2) is 11.1 Å². The molecule has 100 valence electrons. The van der Waals surface area contributed by atoms with Crippen LogP contribution in [0.3, 0.4) is 0 Å². The van der Waals surface area contributed by atoms with Gasteiger partial charge in [-0.25, -0.2) is 13.1 Å². The van der Waals surface area contributed by atoms with E-state index in [0.29, 0.717) is 11.8 Å². The topological polar surface area (TPSA) is 90.0 Å². The highest BCUT2D eigenvalue weighted by molar-refractivity contribution is 7.89. The van der Waals surface area contributed by atoms with Crippen LogP contribution >= 0.6 is 0 Å². The number of aromatic nitrogens is 2.